The summed E-state index contributed by atoms with van der Waals surface area (Å²) in [6.45, 7) is 3.63. The van der Waals surface area contributed by atoms with Crippen molar-refractivity contribution in [1.82, 2.24) is 10.2 Å². The smallest absolute Gasteiger partial charge is 0.236 e. The van der Waals surface area contributed by atoms with Gasteiger partial charge in [0, 0.05) is 30.3 Å². The second-order valence-electron chi connectivity index (χ2n) is 5.99. The highest BCUT2D eigenvalue weighted by Crippen LogP contribution is 2.28. The number of morpholine rings is 1. The molecule has 0 spiro atoms. The van der Waals surface area contributed by atoms with E-state index in [2.05, 4.69) is 5.32 Å². The van der Waals surface area contributed by atoms with Crippen LogP contribution in [-0.2, 0) is 14.3 Å². The quantitative estimate of drug-likeness (QED) is 0.892. The minimum atomic E-state index is -0.153. The molecule has 6 heteroatoms. The summed E-state index contributed by atoms with van der Waals surface area (Å²) in [7, 11) is 0. The third-order valence-corrected chi connectivity index (χ3v) is 4.69. The van der Waals surface area contributed by atoms with Crippen molar-refractivity contribution in [1.29, 1.82) is 0 Å². The average Bonchev–Trinajstić information content (AvgIpc) is 3.09. The third-order valence-electron chi connectivity index (χ3n) is 4.34. The predicted octanol–water partition coefficient (Wildman–Crippen LogP) is 2.01. The standard InChI is InChI=1S/C17H23ClN2O3/c18-15-6-2-1-5-14(15)16-12-20(7-9-23-16)17(21)11-19-10-13-4-3-8-22-13/h1-2,5-6,13,16,19H,3-4,7-12H2. The molecule has 2 fully saturated rings. The van der Waals surface area contributed by atoms with E-state index in [1.165, 1.54) is 0 Å². The minimum Gasteiger partial charge on any atom is -0.377 e. The highest BCUT2D eigenvalue weighted by Gasteiger charge is 2.26. The number of benzene rings is 1. The molecule has 1 aromatic rings. The summed E-state index contributed by atoms with van der Waals surface area (Å²) in [5, 5.41) is 3.89. The first-order chi connectivity index (χ1) is 11.2. The first-order valence-corrected chi connectivity index (χ1v) is 8.58. The SMILES string of the molecule is O=C(CNCC1CCCO1)N1CCOC(c2ccccc2Cl)C1. The topological polar surface area (TPSA) is 50.8 Å². The van der Waals surface area contributed by atoms with Gasteiger partial charge in [0.1, 0.15) is 6.10 Å². The molecule has 2 atom stereocenters. The lowest BCUT2D eigenvalue weighted by Gasteiger charge is -2.33. The molecule has 2 aliphatic heterocycles. The molecule has 2 saturated heterocycles. The Hall–Kier alpha value is -1.14. The maximum absolute atomic E-state index is 12.4. The van der Waals surface area contributed by atoms with Crippen LogP contribution in [0.15, 0.2) is 24.3 Å². The second-order valence-corrected chi connectivity index (χ2v) is 6.39. The molecule has 1 aromatic carbocycles. The van der Waals surface area contributed by atoms with Crippen LogP contribution in [0, 0.1) is 0 Å². The van der Waals surface area contributed by atoms with Crippen LogP contribution >= 0.6 is 11.6 Å². The first kappa shape index (κ1) is 16.7. The number of ether oxygens (including phenoxy) is 2. The lowest BCUT2D eigenvalue weighted by atomic mass is 10.1. The van der Waals surface area contributed by atoms with Crippen molar-refractivity contribution < 1.29 is 14.3 Å². The zero-order valence-corrected chi connectivity index (χ0v) is 13.9. The zero-order chi connectivity index (χ0) is 16.1. The van der Waals surface area contributed by atoms with Gasteiger partial charge in [0.15, 0.2) is 0 Å². The zero-order valence-electron chi connectivity index (χ0n) is 13.2. The summed E-state index contributed by atoms with van der Waals surface area (Å²) < 4.78 is 11.3. The van der Waals surface area contributed by atoms with Crippen LogP contribution in [-0.4, -0.2) is 56.3 Å². The molecule has 5 nitrogen and oxygen atoms in total. The molecule has 0 bridgehead atoms. The van der Waals surface area contributed by atoms with E-state index in [1.807, 2.05) is 29.2 Å². The van der Waals surface area contributed by atoms with Crippen molar-refractivity contribution in [2.45, 2.75) is 25.0 Å². The van der Waals surface area contributed by atoms with E-state index in [0.717, 1.165) is 31.6 Å². The van der Waals surface area contributed by atoms with Crippen molar-refractivity contribution in [3.63, 3.8) is 0 Å². The van der Waals surface area contributed by atoms with Gasteiger partial charge in [-0.3, -0.25) is 4.79 Å². The number of carbonyl (C=O) groups is 1. The van der Waals surface area contributed by atoms with Gasteiger partial charge >= 0.3 is 0 Å². The van der Waals surface area contributed by atoms with Gasteiger partial charge in [-0.15, -0.1) is 0 Å². The monoisotopic (exact) mass is 338 g/mol. The van der Waals surface area contributed by atoms with Crippen molar-refractivity contribution in [3.05, 3.63) is 34.9 Å². The van der Waals surface area contributed by atoms with Crippen LogP contribution in [0.5, 0.6) is 0 Å². The van der Waals surface area contributed by atoms with Crippen LogP contribution in [0.2, 0.25) is 5.02 Å². The van der Waals surface area contributed by atoms with Gasteiger partial charge in [-0.25, -0.2) is 0 Å². The minimum absolute atomic E-state index is 0.100. The lowest BCUT2D eigenvalue weighted by molar-refractivity contribution is -0.138. The molecule has 0 aliphatic carbocycles. The normalized spacial score (nSPS) is 24.8. The first-order valence-electron chi connectivity index (χ1n) is 8.20. The van der Waals surface area contributed by atoms with E-state index in [0.29, 0.717) is 31.3 Å². The molecule has 2 heterocycles. The molecule has 2 unspecified atom stereocenters. The van der Waals surface area contributed by atoms with E-state index in [4.69, 9.17) is 21.1 Å². The highest BCUT2D eigenvalue weighted by atomic mass is 35.5. The summed E-state index contributed by atoms with van der Waals surface area (Å²) in [4.78, 5) is 14.2. The maximum atomic E-state index is 12.4. The number of hydrogen-bond acceptors (Lipinski definition) is 4. The fraction of sp³-hybridized carbons (Fsp3) is 0.588. The molecule has 2 aliphatic rings. The molecule has 0 saturated carbocycles. The second kappa shape index (κ2) is 8.11. The Morgan fingerprint density at radius 2 is 2.17 bits per heavy atom. The molecule has 23 heavy (non-hydrogen) atoms. The summed E-state index contributed by atoms with van der Waals surface area (Å²) in [5.41, 5.74) is 0.944. The fourth-order valence-corrected chi connectivity index (χ4v) is 3.31. The molecule has 0 aromatic heterocycles. The molecule has 126 valence electrons. The van der Waals surface area contributed by atoms with E-state index < -0.39 is 0 Å². The van der Waals surface area contributed by atoms with Crippen LogP contribution in [0.1, 0.15) is 24.5 Å². The van der Waals surface area contributed by atoms with Crippen molar-refractivity contribution in [3.8, 4) is 0 Å². The van der Waals surface area contributed by atoms with E-state index in [9.17, 15) is 4.79 Å². The molecular formula is C17H23ClN2O3. The number of halogens is 1. The van der Waals surface area contributed by atoms with Crippen molar-refractivity contribution in [2.75, 3.05) is 39.4 Å². The predicted molar refractivity (Wildman–Crippen MR) is 88.6 cm³/mol. The van der Waals surface area contributed by atoms with E-state index in [-0.39, 0.29) is 18.1 Å². The van der Waals surface area contributed by atoms with Gasteiger partial charge in [-0.05, 0) is 18.9 Å². The molecule has 1 N–H and O–H groups in total. The molecule has 1 amide bonds. The Bertz CT molecular complexity index is 534. The van der Waals surface area contributed by atoms with Gasteiger partial charge in [0.2, 0.25) is 5.91 Å². The summed E-state index contributed by atoms with van der Waals surface area (Å²) in [6.07, 6.45) is 2.29. The Morgan fingerprint density at radius 3 is 2.96 bits per heavy atom. The van der Waals surface area contributed by atoms with Crippen molar-refractivity contribution in [2.24, 2.45) is 0 Å². The van der Waals surface area contributed by atoms with Crippen LogP contribution < -0.4 is 5.32 Å². The van der Waals surface area contributed by atoms with Gasteiger partial charge < -0.3 is 19.7 Å². The number of nitrogens with one attached hydrogen (secondary N) is 1. The van der Waals surface area contributed by atoms with Gasteiger partial charge in [0.05, 0.1) is 25.8 Å². The number of nitrogens with zero attached hydrogens (tertiary/aromatic N) is 1. The number of carbonyl (C=O) groups excluding carboxylic acids is 1. The third kappa shape index (κ3) is 4.44. The summed E-state index contributed by atoms with van der Waals surface area (Å²) in [6, 6.07) is 7.64. The number of rotatable bonds is 5. The van der Waals surface area contributed by atoms with Crippen LogP contribution in [0.4, 0.5) is 0 Å². The highest BCUT2D eigenvalue weighted by molar-refractivity contribution is 6.31. The lowest BCUT2D eigenvalue weighted by Crippen LogP contribution is -2.46. The largest absolute Gasteiger partial charge is 0.377 e. The molecular weight excluding hydrogens is 316 g/mol. The number of amides is 1. The molecule has 0 radical (unpaired) electrons. The maximum Gasteiger partial charge on any atom is 0.236 e. The van der Waals surface area contributed by atoms with Crippen LogP contribution in [0.3, 0.4) is 0 Å². The van der Waals surface area contributed by atoms with Gasteiger partial charge in [-0.1, -0.05) is 29.8 Å². The summed E-state index contributed by atoms with van der Waals surface area (Å²) >= 11 is 6.23. The Kier molecular flexibility index (Phi) is 5.89. The Morgan fingerprint density at radius 1 is 1.30 bits per heavy atom. The fourth-order valence-electron chi connectivity index (χ4n) is 3.06. The van der Waals surface area contributed by atoms with Crippen molar-refractivity contribution >= 4 is 17.5 Å². The van der Waals surface area contributed by atoms with Gasteiger partial charge in [0.25, 0.3) is 0 Å². The van der Waals surface area contributed by atoms with E-state index >= 15 is 0 Å². The summed E-state index contributed by atoms with van der Waals surface area (Å²) in [5.74, 6) is 0.100. The Labute approximate surface area is 141 Å². The van der Waals surface area contributed by atoms with Gasteiger partial charge in [-0.2, -0.15) is 0 Å². The molecule has 3 rings (SSSR count). The average molecular weight is 339 g/mol. The Balaban J connectivity index is 1.49. The van der Waals surface area contributed by atoms with E-state index in [1.54, 1.807) is 0 Å². The number of hydrogen-bond donors (Lipinski definition) is 1. The van der Waals surface area contributed by atoms with Crippen LogP contribution in [0.25, 0.3) is 0 Å².